The van der Waals surface area contributed by atoms with E-state index in [1.54, 1.807) is 13.2 Å². The van der Waals surface area contributed by atoms with Crippen LogP contribution in [0, 0.1) is 6.92 Å². The predicted molar refractivity (Wildman–Crippen MR) is 85.1 cm³/mol. The zero-order chi connectivity index (χ0) is 14.7. The third kappa shape index (κ3) is 2.93. The lowest BCUT2D eigenvalue weighted by atomic mass is 9.97. The minimum absolute atomic E-state index is 0.0318. The van der Waals surface area contributed by atoms with E-state index in [1.165, 1.54) is 0 Å². The van der Waals surface area contributed by atoms with Gasteiger partial charge in [0.05, 0.1) is 23.2 Å². The summed E-state index contributed by atoms with van der Waals surface area (Å²) in [7, 11) is 3.57. The number of rotatable bonds is 4. The minimum atomic E-state index is -0.0318. The van der Waals surface area contributed by atoms with Crippen LogP contribution in [-0.2, 0) is 0 Å². The molecule has 0 radical (unpaired) electrons. The van der Waals surface area contributed by atoms with Crippen molar-refractivity contribution < 1.29 is 4.74 Å². The highest BCUT2D eigenvalue weighted by molar-refractivity contribution is 6.42. The fourth-order valence-corrected chi connectivity index (χ4v) is 2.68. The van der Waals surface area contributed by atoms with Crippen LogP contribution < -0.4 is 10.1 Å². The van der Waals surface area contributed by atoms with E-state index in [0.717, 1.165) is 22.4 Å². The molecule has 20 heavy (non-hydrogen) atoms. The SMILES string of the molecule is CNC(c1ccc(C)c(OC)c1)c1cccc(Cl)c1Cl. The Hall–Kier alpha value is -1.22. The number of aryl methyl sites for hydroxylation is 1. The number of methoxy groups -OCH3 is 1. The molecule has 4 heteroatoms. The molecule has 106 valence electrons. The van der Waals surface area contributed by atoms with Crippen LogP contribution in [-0.4, -0.2) is 14.2 Å². The lowest BCUT2D eigenvalue weighted by molar-refractivity contribution is 0.410. The Morgan fingerprint density at radius 3 is 2.55 bits per heavy atom. The van der Waals surface area contributed by atoms with Crippen LogP contribution in [0.1, 0.15) is 22.7 Å². The molecule has 1 N–H and O–H groups in total. The Kier molecular flexibility index (Phi) is 4.92. The summed E-state index contributed by atoms with van der Waals surface area (Å²) in [6, 6.07) is 11.8. The topological polar surface area (TPSA) is 21.3 Å². The minimum Gasteiger partial charge on any atom is -0.496 e. The van der Waals surface area contributed by atoms with Crippen molar-refractivity contribution >= 4 is 23.2 Å². The summed E-state index contributed by atoms with van der Waals surface area (Å²) in [6.45, 7) is 2.02. The standard InChI is InChI=1S/C16H17Cl2NO/c1-10-7-8-11(9-14(10)20-3)16(19-2)12-5-4-6-13(17)15(12)18/h4-9,16,19H,1-3H3. The zero-order valence-corrected chi connectivity index (χ0v) is 13.2. The van der Waals surface area contributed by atoms with E-state index in [0.29, 0.717) is 10.0 Å². The molecule has 0 aliphatic rings. The van der Waals surface area contributed by atoms with Crippen LogP contribution in [0.3, 0.4) is 0 Å². The van der Waals surface area contributed by atoms with Gasteiger partial charge >= 0.3 is 0 Å². The molecule has 2 rings (SSSR count). The van der Waals surface area contributed by atoms with Crippen LogP contribution >= 0.6 is 23.2 Å². The van der Waals surface area contributed by atoms with Gasteiger partial charge in [-0.15, -0.1) is 0 Å². The quantitative estimate of drug-likeness (QED) is 0.890. The van der Waals surface area contributed by atoms with E-state index < -0.39 is 0 Å². The van der Waals surface area contributed by atoms with Crippen molar-refractivity contribution in [1.29, 1.82) is 0 Å². The largest absolute Gasteiger partial charge is 0.496 e. The van der Waals surface area contributed by atoms with Gasteiger partial charge < -0.3 is 10.1 Å². The number of nitrogens with one attached hydrogen (secondary N) is 1. The average molecular weight is 310 g/mol. The molecule has 0 bridgehead atoms. The number of hydrogen-bond acceptors (Lipinski definition) is 2. The highest BCUT2D eigenvalue weighted by atomic mass is 35.5. The van der Waals surface area contributed by atoms with E-state index in [1.807, 2.05) is 38.2 Å². The van der Waals surface area contributed by atoms with Crippen LogP contribution in [0.4, 0.5) is 0 Å². The fraction of sp³-hybridized carbons (Fsp3) is 0.250. The van der Waals surface area contributed by atoms with Crippen molar-refractivity contribution in [2.24, 2.45) is 0 Å². The van der Waals surface area contributed by atoms with Crippen molar-refractivity contribution in [2.75, 3.05) is 14.2 Å². The second-order valence-electron chi connectivity index (χ2n) is 4.59. The first kappa shape index (κ1) is 15.2. The van der Waals surface area contributed by atoms with E-state index in [4.69, 9.17) is 27.9 Å². The summed E-state index contributed by atoms with van der Waals surface area (Å²) in [5.74, 6) is 0.862. The van der Waals surface area contributed by atoms with Gasteiger partial charge in [0.25, 0.3) is 0 Å². The Labute approximate surface area is 129 Å². The van der Waals surface area contributed by atoms with E-state index in [9.17, 15) is 0 Å². The predicted octanol–water partition coefficient (Wildman–Crippen LogP) is 4.62. The highest BCUT2D eigenvalue weighted by Crippen LogP contribution is 2.34. The molecule has 0 fully saturated rings. The smallest absolute Gasteiger partial charge is 0.122 e. The van der Waals surface area contributed by atoms with Crippen LogP contribution in [0.25, 0.3) is 0 Å². The van der Waals surface area contributed by atoms with Gasteiger partial charge in [0, 0.05) is 0 Å². The van der Waals surface area contributed by atoms with Crippen molar-refractivity contribution in [3.63, 3.8) is 0 Å². The maximum absolute atomic E-state index is 6.32. The summed E-state index contributed by atoms with van der Waals surface area (Å²) < 4.78 is 5.38. The molecule has 1 atom stereocenters. The average Bonchev–Trinajstić information content (AvgIpc) is 2.45. The first-order valence-corrected chi connectivity index (χ1v) is 7.09. The molecule has 0 saturated carbocycles. The molecule has 0 aliphatic heterocycles. The molecular formula is C16H17Cl2NO. The first-order valence-electron chi connectivity index (χ1n) is 6.34. The van der Waals surface area contributed by atoms with Crippen molar-refractivity contribution in [2.45, 2.75) is 13.0 Å². The van der Waals surface area contributed by atoms with E-state index in [-0.39, 0.29) is 6.04 Å². The fourth-order valence-electron chi connectivity index (χ4n) is 2.26. The van der Waals surface area contributed by atoms with Gasteiger partial charge in [0.15, 0.2) is 0 Å². The summed E-state index contributed by atoms with van der Waals surface area (Å²) >= 11 is 12.4. The number of hydrogen-bond donors (Lipinski definition) is 1. The number of benzene rings is 2. The van der Waals surface area contributed by atoms with Crippen molar-refractivity contribution in [3.8, 4) is 5.75 Å². The van der Waals surface area contributed by atoms with Gasteiger partial charge in [-0.25, -0.2) is 0 Å². The molecule has 0 spiro atoms. The second kappa shape index (κ2) is 6.49. The molecule has 0 heterocycles. The lowest BCUT2D eigenvalue weighted by Crippen LogP contribution is -2.18. The Morgan fingerprint density at radius 2 is 1.90 bits per heavy atom. The van der Waals surface area contributed by atoms with E-state index in [2.05, 4.69) is 11.4 Å². The molecule has 2 aromatic rings. The summed E-state index contributed by atoms with van der Waals surface area (Å²) in [5.41, 5.74) is 3.13. The van der Waals surface area contributed by atoms with Crippen molar-refractivity contribution in [3.05, 3.63) is 63.1 Å². The van der Waals surface area contributed by atoms with Gasteiger partial charge in [0.1, 0.15) is 5.75 Å². The molecule has 0 aliphatic carbocycles. The van der Waals surface area contributed by atoms with Gasteiger partial charge in [0.2, 0.25) is 0 Å². The maximum atomic E-state index is 6.32. The molecular weight excluding hydrogens is 293 g/mol. The van der Waals surface area contributed by atoms with E-state index >= 15 is 0 Å². The zero-order valence-electron chi connectivity index (χ0n) is 11.7. The Morgan fingerprint density at radius 1 is 1.15 bits per heavy atom. The normalized spacial score (nSPS) is 12.2. The van der Waals surface area contributed by atoms with Crippen LogP contribution in [0.5, 0.6) is 5.75 Å². The monoisotopic (exact) mass is 309 g/mol. The Balaban J connectivity index is 2.49. The lowest BCUT2D eigenvalue weighted by Gasteiger charge is -2.20. The maximum Gasteiger partial charge on any atom is 0.122 e. The summed E-state index contributed by atoms with van der Waals surface area (Å²) in [6.07, 6.45) is 0. The molecule has 0 aromatic heterocycles. The van der Waals surface area contributed by atoms with Crippen LogP contribution in [0.15, 0.2) is 36.4 Å². The van der Waals surface area contributed by atoms with Crippen LogP contribution in [0.2, 0.25) is 10.0 Å². The van der Waals surface area contributed by atoms with Gasteiger partial charge in [-0.05, 0) is 42.8 Å². The molecule has 1 unspecified atom stereocenters. The molecule has 2 nitrogen and oxygen atoms in total. The molecule has 0 amide bonds. The highest BCUT2D eigenvalue weighted by Gasteiger charge is 2.17. The first-order chi connectivity index (χ1) is 9.58. The van der Waals surface area contributed by atoms with Gasteiger partial charge in [-0.1, -0.05) is 47.5 Å². The molecule has 0 saturated heterocycles. The summed E-state index contributed by atoms with van der Waals surface area (Å²) in [4.78, 5) is 0. The van der Waals surface area contributed by atoms with Gasteiger partial charge in [-0.3, -0.25) is 0 Å². The Bertz CT molecular complexity index is 613. The second-order valence-corrected chi connectivity index (χ2v) is 5.38. The van der Waals surface area contributed by atoms with Gasteiger partial charge in [-0.2, -0.15) is 0 Å². The third-order valence-corrected chi connectivity index (χ3v) is 4.18. The number of halogens is 2. The number of ether oxygens (including phenoxy) is 1. The summed E-state index contributed by atoms with van der Waals surface area (Å²) in [5, 5.41) is 4.41. The third-order valence-electron chi connectivity index (χ3n) is 3.35. The molecule has 2 aromatic carbocycles. The van der Waals surface area contributed by atoms with Crippen molar-refractivity contribution in [1.82, 2.24) is 5.32 Å².